The monoisotopic (exact) mass is 691 g/mol. The number of benzene rings is 8. The van der Waals surface area contributed by atoms with Gasteiger partial charge in [0.2, 0.25) is 0 Å². The summed E-state index contributed by atoms with van der Waals surface area (Å²) in [5.74, 6) is 0. The molecular formula is C53H41N. The molecule has 0 spiro atoms. The van der Waals surface area contributed by atoms with Gasteiger partial charge < -0.3 is 4.90 Å². The molecule has 0 saturated carbocycles. The molecule has 8 aromatic rings. The van der Waals surface area contributed by atoms with Crippen molar-refractivity contribution in [3.05, 3.63) is 234 Å². The highest BCUT2D eigenvalue weighted by Gasteiger charge is 2.46. The third-order valence-corrected chi connectivity index (χ3v) is 11.7. The number of aryl methyl sites for hydroxylation is 2. The van der Waals surface area contributed by atoms with E-state index in [1.165, 1.54) is 92.4 Å². The average molecular weight is 692 g/mol. The second-order valence-corrected chi connectivity index (χ2v) is 14.7. The van der Waals surface area contributed by atoms with Crippen molar-refractivity contribution in [2.45, 2.75) is 31.1 Å². The normalized spacial score (nSPS) is 13.8. The van der Waals surface area contributed by atoms with Crippen LogP contribution in [0.1, 0.15) is 46.2 Å². The number of rotatable bonds is 7. The minimum Gasteiger partial charge on any atom is -0.310 e. The Balaban J connectivity index is 1.25. The molecule has 0 atom stereocenters. The van der Waals surface area contributed by atoms with Gasteiger partial charge in [0, 0.05) is 16.9 Å². The molecule has 0 bridgehead atoms. The fourth-order valence-electron chi connectivity index (χ4n) is 9.23. The van der Waals surface area contributed by atoms with Crippen molar-refractivity contribution in [1.82, 2.24) is 0 Å². The summed E-state index contributed by atoms with van der Waals surface area (Å²) in [6, 6.07) is 74.3. The molecule has 258 valence electrons. The molecule has 54 heavy (non-hydrogen) atoms. The SMILES string of the molecule is c1ccc(N(c2ccccc2)c2cc3c(cc2-c2ccc(-c4ccc5c(c4)CCCC5)cc2)-c2ccccc2C3(c2ccccc2)c2ccccc2)cc1. The number of para-hydroxylation sites is 2. The molecule has 0 unspecified atom stereocenters. The van der Waals surface area contributed by atoms with Crippen LogP contribution in [0.3, 0.4) is 0 Å². The lowest BCUT2D eigenvalue weighted by molar-refractivity contribution is 0.686. The molecule has 0 heterocycles. The van der Waals surface area contributed by atoms with E-state index in [2.05, 4.69) is 205 Å². The predicted octanol–water partition coefficient (Wildman–Crippen LogP) is 13.7. The zero-order valence-corrected chi connectivity index (χ0v) is 30.3. The molecule has 0 aromatic heterocycles. The van der Waals surface area contributed by atoms with Crippen molar-refractivity contribution in [2.75, 3.05) is 4.90 Å². The van der Waals surface area contributed by atoms with Gasteiger partial charge in [-0.3, -0.25) is 0 Å². The van der Waals surface area contributed by atoms with Crippen LogP contribution in [0.15, 0.2) is 200 Å². The predicted molar refractivity (Wildman–Crippen MR) is 226 cm³/mol. The highest BCUT2D eigenvalue weighted by Crippen LogP contribution is 2.58. The maximum atomic E-state index is 2.50. The molecule has 10 rings (SSSR count). The van der Waals surface area contributed by atoms with Crippen LogP contribution in [0.25, 0.3) is 33.4 Å². The largest absolute Gasteiger partial charge is 0.310 e. The molecule has 1 nitrogen and oxygen atoms in total. The first-order valence-corrected chi connectivity index (χ1v) is 19.3. The van der Waals surface area contributed by atoms with Gasteiger partial charge in [-0.1, -0.05) is 164 Å². The lowest BCUT2D eigenvalue weighted by atomic mass is 9.67. The average Bonchev–Trinajstić information content (AvgIpc) is 3.55. The van der Waals surface area contributed by atoms with Crippen molar-refractivity contribution in [1.29, 1.82) is 0 Å². The molecular weight excluding hydrogens is 651 g/mol. The summed E-state index contributed by atoms with van der Waals surface area (Å²) in [6.45, 7) is 0. The summed E-state index contributed by atoms with van der Waals surface area (Å²) < 4.78 is 0. The molecule has 1 heteroatoms. The molecule has 8 aromatic carbocycles. The highest BCUT2D eigenvalue weighted by molar-refractivity contribution is 5.96. The van der Waals surface area contributed by atoms with Crippen molar-refractivity contribution in [3.8, 4) is 33.4 Å². The van der Waals surface area contributed by atoms with Crippen LogP contribution < -0.4 is 4.90 Å². The van der Waals surface area contributed by atoms with Crippen molar-refractivity contribution >= 4 is 17.1 Å². The minimum absolute atomic E-state index is 0.503. The Morgan fingerprint density at radius 1 is 0.352 bits per heavy atom. The van der Waals surface area contributed by atoms with E-state index >= 15 is 0 Å². The number of fused-ring (bicyclic) bond motifs is 4. The summed E-state index contributed by atoms with van der Waals surface area (Å²) in [5.41, 5.74) is 18.6. The first-order chi connectivity index (χ1) is 26.8. The van der Waals surface area contributed by atoms with Gasteiger partial charge in [-0.05, 0) is 123 Å². The standard InChI is InChI=1S/C53H41N/c1-5-19-43(20-6-1)53(44-21-7-2-8-22-44)50-28-16-15-27-47(50)49-36-48(40-32-29-39(30-33-40)42-34-31-38-17-13-14-18-41(38)35-42)52(37-51(49)53)54(45-23-9-3-10-24-45)46-25-11-4-12-26-46/h1-12,15-16,19-37H,13-14,17-18H2. The summed E-state index contributed by atoms with van der Waals surface area (Å²) in [5, 5.41) is 0. The fourth-order valence-corrected chi connectivity index (χ4v) is 9.23. The zero-order valence-electron chi connectivity index (χ0n) is 30.3. The maximum Gasteiger partial charge on any atom is 0.0714 e. The Bertz CT molecular complexity index is 2490. The van der Waals surface area contributed by atoms with E-state index in [1.54, 1.807) is 0 Å². The van der Waals surface area contributed by atoms with E-state index in [1.807, 2.05) is 0 Å². The Morgan fingerprint density at radius 2 is 0.870 bits per heavy atom. The molecule has 0 saturated heterocycles. The second kappa shape index (κ2) is 13.5. The molecule has 0 amide bonds. The van der Waals surface area contributed by atoms with Gasteiger partial charge in [0.15, 0.2) is 0 Å². The van der Waals surface area contributed by atoms with Gasteiger partial charge >= 0.3 is 0 Å². The van der Waals surface area contributed by atoms with Gasteiger partial charge in [-0.15, -0.1) is 0 Å². The van der Waals surface area contributed by atoms with Crippen LogP contribution in [-0.4, -0.2) is 0 Å². The topological polar surface area (TPSA) is 3.24 Å². The number of hydrogen-bond donors (Lipinski definition) is 0. The Labute approximate surface area is 318 Å². The number of hydrogen-bond acceptors (Lipinski definition) is 1. The van der Waals surface area contributed by atoms with E-state index in [4.69, 9.17) is 0 Å². The fraction of sp³-hybridized carbons (Fsp3) is 0.0943. The quantitative estimate of drug-likeness (QED) is 0.161. The zero-order chi connectivity index (χ0) is 35.9. The highest BCUT2D eigenvalue weighted by atomic mass is 15.1. The van der Waals surface area contributed by atoms with Gasteiger partial charge in [-0.25, -0.2) is 0 Å². The van der Waals surface area contributed by atoms with Crippen LogP contribution in [0.4, 0.5) is 17.1 Å². The summed E-state index contributed by atoms with van der Waals surface area (Å²) in [7, 11) is 0. The van der Waals surface area contributed by atoms with E-state index in [-0.39, 0.29) is 0 Å². The van der Waals surface area contributed by atoms with Gasteiger partial charge in [0.25, 0.3) is 0 Å². The molecule has 2 aliphatic carbocycles. The maximum absolute atomic E-state index is 2.50. The van der Waals surface area contributed by atoms with Crippen molar-refractivity contribution < 1.29 is 0 Å². The Kier molecular flexibility index (Phi) is 8.07. The lowest BCUT2D eigenvalue weighted by Crippen LogP contribution is -2.28. The Hall–Kier alpha value is -6.44. The van der Waals surface area contributed by atoms with Crippen LogP contribution in [0.5, 0.6) is 0 Å². The molecule has 2 aliphatic rings. The molecule has 0 N–H and O–H groups in total. The van der Waals surface area contributed by atoms with Gasteiger partial charge in [-0.2, -0.15) is 0 Å². The van der Waals surface area contributed by atoms with E-state index in [0.717, 1.165) is 17.1 Å². The van der Waals surface area contributed by atoms with Crippen LogP contribution in [0.2, 0.25) is 0 Å². The van der Waals surface area contributed by atoms with Crippen molar-refractivity contribution in [2.24, 2.45) is 0 Å². The van der Waals surface area contributed by atoms with E-state index in [0.29, 0.717) is 0 Å². The molecule has 0 aliphatic heterocycles. The summed E-state index contributed by atoms with van der Waals surface area (Å²) in [4.78, 5) is 2.44. The minimum atomic E-state index is -0.503. The van der Waals surface area contributed by atoms with Crippen LogP contribution in [-0.2, 0) is 18.3 Å². The van der Waals surface area contributed by atoms with E-state index in [9.17, 15) is 0 Å². The third-order valence-electron chi connectivity index (χ3n) is 11.7. The van der Waals surface area contributed by atoms with Crippen LogP contribution >= 0.6 is 0 Å². The molecule has 0 fully saturated rings. The number of nitrogens with zero attached hydrogens (tertiary/aromatic N) is 1. The van der Waals surface area contributed by atoms with Crippen LogP contribution in [0, 0.1) is 0 Å². The number of anilines is 3. The summed E-state index contributed by atoms with van der Waals surface area (Å²) >= 11 is 0. The Morgan fingerprint density at radius 3 is 1.50 bits per heavy atom. The smallest absolute Gasteiger partial charge is 0.0714 e. The third kappa shape index (κ3) is 5.31. The van der Waals surface area contributed by atoms with Gasteiger partial charge in [0.1, 0.15) is 0 Å². The first-order valence-electron chi connectivity index (χ1n) is 19.3. The second-order valence-electron chi connectivity index (χ2n) is 14.7. The molecule has 0 radical (unpaired) electrons. The van der Waals surface area contributed by atoms with Crippen molar-refractivity contribution in [3.63, 3.8) is 0 Å². The van der Waals surface area contributed by atoms with E-state index < -0.39 is 5.41 Å². The first kappa shape index (κ1) is 32.2. The van der Waals surface area contributed by atoms with Gasteiger partial charge in [0.05, 0.1) is 11.1 Å². The summed E-state index contributed by atoms with van der Waals surface area (Å²) in [6.07, 6.45) is 4.97. The lowest BCUT2D eigenvalue weighted by Gasteiger charge is -2.35.